The van der Waals surface area contributed by atoms with Crippen LogP contribution in [0.3, 0.4) is 0 Å². The molecule has 0 radical (unpaired) electrons. The first kappa shape index (κ1) is 35.0. The van der Waals surface area contributed by atoms with Crippen molar-refractivity contribution >= 4 is 30.0 Å². The summed E-state index contributed by atoms with van der Waals surface area (Å²) in [7, 11) is 0. The number of nitrogens with two attached hydrogens (primary N) is 1. The number of nitrogens with zero attached hydrogens (tertiary/aromatic N) is 2. The lowest BCUT2D eigenvalue weighted by Crippen LogP contribution is -2.53. The standard InChI is InChI=1S/C33H47FN4O8/c1-33(2,3)46-31(43)36-26(13-8-6-4-5-7-10-20-16-24(20)30(41)42)29(40)38-19-22(17-27(38)28(35)39)45-32(44)37-15-14-23-21(18-37)11-9-12-25(23)34/h9,11-12,20,22,24,26-27H,4-8,10,13-19H2,1-3H3,(H2,35,39)(H,36,43)(H,41,42)/t20-,22-,24+,26+,27+/m1/s1. The van der Waals surface area contributed by atoms with E-state index in [1.807, 2.05) is 0 Å². The van der Waals surface area contributed by atoms with Crippen molar-refractivity contribution in [2.24, 2.45) is 17.6 Å². The fourth-order valence-electron chi connectivity index (χ4n) is 6.39. The summed E-state index contributed by atoms with van der Waals surface area (Å²) in [5.41, 5.74) is 6.16. The van der Waals surface area contributed by atoms with Gasteiger partial charge in [-0.15, -0.1) is 0 Å². The van der Waals surface area contributed by atoms with E-state index < -0.39 is 53.8 Å². The van der Waals surface area contributed by atoms with Crippen LogP contribution in [-0.4, -0.2) is 81.8 Å². The molecule has 1 aromatic carbocycles. The molecule has 5 atom stereocenters. The van der Waals surface area contributed by atoms with Gasteiger partial charge in [0.2, 0.25) is 11.8 Å². The monoisotopic (exact) mass is 646 g/mol. The minimum Gasteiger partial charge on any atom is -0.481 e. The van der Waals surface area contributed by atoms with Gasteiger partial charge in [0.15, 0.2) is 0 Å². The van der Waals surface area contributed by atoms with Crippen LogP contribution in [-0.2, 0) is 36.8 Å². The zero-order valence-electron chi connectivity index (χ0n) is 27.0. The zero-order valence-corrected chi connectivity index (χ0v) is 27.0. The number of amides is 4. The molecule has 1 aliphatic carbocycles. The van der Waals surface area contributed by atoms with E-state index in [0.29, 0.717) is 30.4 Å². The second kappa shape index (κ2) is 15.1. The van der Waals surface area contributed by atoms with Crippen molar-refractivity contribution < 1.29 is 42.9 Å². The molecular formula is C33H47FN4O8. The number of halogens is 1. The number of hydrogen-bond acceptors (Lipinski definition) is 7. The molecule has 13 heteroatoms. The molecule has 2 heterocycles. The lowest BCUT2D eigenvalue weighted by atomic mass is 9.99. The van der Waals surface area contributed by atoms with Gasteiger partial charge in [0.25, 0.3) is 0 Å². The van der Waals surface area contributed by atoms with Crippen molar-refractivity contribution in [2.75, 3.05) is 13.1 Å². The molecule has 12 nitrogen and oxygen atoms in total. The van der Waals surface area contributed by atoms with E-state index >= 15 is 0 Å². The number of alkyl carbamates (subject to hydrolysis) is 1. The number of benzene rings is 1. The Morgan fingerprint density at radius 2 is 1.80 bits per heavy atom. The summed E-state index contributed by atoms with van der Waals surface area (Å²) in [6, 6.07) is 2.74. The number of likely N-dealkylation sites (tertiary alicyclic amines) is 1. The Labute approximate surface area is 269 Å². The molecule has 2 fully saturated rings. The van der Waals surface area contributed by atoms with Gasteiger partial charge in [0.05, 0.1) is 12.5 Å². The Morgan fingerprint density at radius 3 is 2.48 bits per heavy atom. The van der Waals surface area contributed by atoms with Crippen molar-refractivity contribution in [1.82, 2.24) is 15.1 Å². The topological polar surface area (TPSA) is 169 Å². The fraction of sp³-hybridized carbons (Fsp3) is 0.667. The normalized spacial score (nSPS) is 22.9. The van der Waals surface area contributed by atoms with Crippen LogP contribution in [0, 0.1) is 17.7 Å². The molecule has 1 aromatic rings. The summed E-state index contributed by atoms with van der Waals surface area (Å²) in [6.45, 7) is 5.53. The zero-order chi connectivity index (χ0) is 33.6. The molecule has 1 saturated carbocycles. The first-order chi connectivity index (χ1) is 21.7. The molecule has 3 aliphatic rings. The summed E-state index contributed by atoms with van der Waals surface area (Å²) in [5.74, 6) is -2.20. The van der Waals surface area contributed by atoms with Crippen LogP contribution in [0.2, 0.25) is 0 Å². The summed E-state index contributed by atoms with van der Waals surface area (Å²) in [5, 5.41) is 11.7. The van der Waals surface area contributed by atoms with Crippen LogP contribution in [0.1, 0.15) is 89.7 Å². The molecule has 4 rings (SSSR count). The van der Waals surface area contributed by atoms with E-state index in [0.717, 1.165) is 38.5 Å². The van der Waals surface area contributed by atoms with E-state index in [4.69, 9.17) is 20.3 Å². The van der Waals surface area contributed by atoms with Crippen LogP contribution >= 0.6 is 0 Å². The highest BCUT2D eigenvalue weighted by atomic mass is 19.1. The maximum absolute atomic E-state index is 14.1. The Balaban J connectivity index is 1.32. The lowest BCUT2D eigenvalue weighted by Gasteiger charge is -2.30. The first-order valence-corrected chi connectivity index (χ1v) is 16.3. The molecule has 254 valence electrons. The number of carbonyl (C=O) groups is 5. The number of carbonyl (C=O) groups excluding carboxylic acids is 4. The maximum atomic E-state index is 14.1. The number of rotatable bonds is 13. The third kappa shape index (κ3) is 9.56. The smallest absolute Gasteiger partial charge is 0.410 e. The Morgan fingerprint density at radius 1 is 1.09 bits per heavy atom. The summed E-state index contributed by atoms with van der Waals surface area (Å²) < 4.78 is 25.2. The van der Waals surface area contributed by atoms with Crippen LogP contribution in [0.4, 0.5) is 14.0 Å². The number of primary amides is 1. The summed E-state index contributed by atoms with van der Waals surface area (Å²) >= 11 is 0. The molecular weight excluding hydrogens is 599 g/mol. The minimum absolute atomic E-state index is 0.0226. The second-order valence-electron chi connectivity index (χ2n) is 13.7. The van der Waals surface area contributed by atoms with E-state index in [9.17, 15) is 28.4 Å². The Bertz CT molecular complexity index is 1300. The van der Waals surface area contributed by atoms with Gasteiger partial charge in [-0.1, -0.05) is 44.2 Å². The van der Waals surface area contributed by atoms with Crippen molar-refractivity contribution in [1.29, 1.82) is 0 Å². The van der Waals surface area contributed by atoms with Gasteiger partial charge in [-0.25, -0.2) is 14.0 Å². The molecule has 4 N–H and O–H groups in total. The van der Waals surface area contributed by atoms with Gasteiger partial charge in [-0.3, -0.25) is 14.4 Å². The molecule has 0 bridgehead atoms. The molecule has 2 aliphatic heterocycles. The third-order valence-corrected chi connectivity index (χ3v) is 8.91. The van der Waals surface area contributed by atoms with Crippen molar-refractivity contribution in [3.8, 4) is 0 Å². The Hall–Kier alpha value is -3.90. The third-order valence-electron chi connectivity index (χ3n) is 8.91. The van der Waals surface area contributed by atoms with Gasteiger partial charge < -0.3 is 35.4 Å². The van der Waals surface area contributed by atoms with Crippen molar-refractivity contribution in [3.63, 3.8) is 0 Å². The number of hydrogen-bond donors (Lipinski definition) is 3. The quantitative estimate of drug-likeness (QED) is 0.269. The van der Waals surface area contributed by atoms with Gasteiger partial charge in [0, 0.05) is 19.5 Å². The first-order valence-electron chi connectivity index (χ1n) is 16.3. The molecule has 1 saturated heterocycles. The molecule has 4 amide bonds. The number of carboxylic acid groups (broad SMARTS) is 1. The average Bonchev–Trinajstić information content (AvgIpc) is 3.64. The number of unbranched alkanes of at least 4 members (excludes halogenated alkanes) is 4. The molecule has 46 heavy (non-hydrogen) atoms. The van der Waals surface area contributed by atoms with Gasteiger partial charge in [0.1, 0.15) is 29.6 Å². The van der Waals surface area contributed by atoms with Gasteiger partial charge in [-0.05, 0) is 69.6 Å². The SMILES string of the molecule is CC(C)(C)OC(=O)N[C@@H](CCCCCCC[C@@H]1C[C@@H]1C(=O)O)C(=O)N1C[C@H](OC(=O)N2CCc3c(F)cccc3C2)C[C@H]1C(N)=O. The molecule has 0 spiro atoms. The van der Waals surface area contributed by atoms with Crippen molar-refractivity contribution in [2.45, 2.75) is 115 Å². The highest BCUT2D eigenvalue weighted by molar-refractivity contribution is 5.91. The highest BCUT2D eigenvalue weighted by Crippen LogP contribution is 2.42. The molecule has 0 aromatic heterocycles. The second-order valence-corrected chi connectivity index (χ2v) is 13.7. The van der Waals surface area contributed by atoms with Crippen LogP contribution in [0.15, 0.2) is 18.2 Å². The van der Waals surface area contributed by atoms with E-state index in [1.54, 1.807) is 32.9 Å². The van der Waals surface area contributed by atoms with E-state index in [-0.39, 0.29) is 43.7 Å². The van der Waals surface area contributed by atoms with Crippen LogP contribution < -0.4 is 11.1 Å². The number of carboxylic acids is 1. The largest absolute Gasteiger partial charge is 0.481 e. The number of aliphatic carboxylic acids is 1. The highest BCUT2D eigenvalue weighted by Gasteiger charge is 2.44. The Kier molecular flexibility index (Phi) is 11.5. The van der Waals surface area contributed by atoms with Gasteiger partial charge >= 0.3 is 18.2 Å². The van der Waals surface area contributed by atoms with E-state index in [1.165, 1.54) is 15.9 Å². The van der Waals surface area contributed by atoms with Crippen molar-refractivity contribution in [3.05, 3.63) is 35.1 Å². The predicted molar refractivity (Wildman–Crippen MR) is 165 cm³/mol. The average molecular weight is 647 g/mol. The summed E-state index contributed by atoms with van der Waals surface area (Å²) in [4.78, 5) is 65.7. The number of ether oxygens (including phenoxy) is 2. The van der Waals surface area contributed by atoms with Gasteiger partial charge in [-0.2, -0.15) is 0 Å². The maximum Gasteiger partial charge on any atom is 0.410 e. The fourth-order valence-corrected chi connectivity index (χ4v) is 6.39. The predicted octanol–water partition coefficient (Wildman–Crippen LogP) is 4.12. The lowest BCUT2D eigenvalue weighted by molar-refractivity contribution is -0.139. The van der Waals surface area contributed by atoms with E-state index in [2.05, 4.69) is 5.32 Å². The van der Waals surface area contributed by atoms with Crippen LogP contribution in [0.5, 0.6) is 0 Å². The number of nitrogens with one attached hydrogen (secondary N) is 1. The molecule has 0 unspecified atom stereocenters. The summed E-state index contributed by atoms with van der Waals surface area (Å²) in [6.07, 6.45) is 4.37. The minimum atomic E-state index is -1.03. The number of fused-ring (bicyclic) bond motifs is 1. The van der Waals surface area contributed by atoms with Crippen LogP contribution in [0.25, 0.3) is 0 Å².